The van der Waals surface area contributed by atoms with E-state index in [1.807, 2.05) is 59.3 Å². The molecule has 0 bridgehead atoms. The van der Waals surface area contributed by atoms with Crippen molar-refractivity contribution in [2.24, 2.45) is 0 Å². The fourth-order valence-electron chi connectivity index (χ4n) is 4.33. The molecule has 8 heteroatoms. The number of nitrogens with zero attached hydrogens (tertiary/aromatic N) is 3. The molecule has 2 aromatic carbocycles. The van der Waals surface area contributed by atoms with Crippen molar-refractivity contribution in [3.8, 4) is 11.4 Å². The van der Waals surface area contributed by atoms with Gasteiger partial charge in [-0.1, -0.05) is 29.8 Å². The van der Waals surface area contributed by atoms with E-state index in [4.69, 9.17) is 28.6 Å². The topological polar surface area (TPSA) is 42.3 Å². The Morgan fingerprint density at radius 2 is 1.91 bits per heavy atom. The number of halogens is 2. The smallest absolute Gasteiger partial charge is 0.170 e. The minimum atomic E-state index is -0.449. The number of hydrogen-bond donors (Lipinski definition) is 1. The highest BCUT2D eigenvalue weighted by atomic mass is 35.5. The summed E-state index contributed by atoms with van der Waals surface area (Å²) in [5.74, 6) is 0.353. The maximum atomic E-state index is 13.8. The van der Waals surface area contributed by atoms with Gasteiger partial charge in [0, 0.05) is 30.3 Å². The van der Waals surface area contributed by atoms with E-state index in [2.05, 4.69) is 21.3 Å². The Kier molecular flexibility index (Phi) is 6.22. The lowest BCUT2D eigenvalue weighted by atomic mass is 10.0. The molecule has 0 aliphatic carbocycles. The Bertz CT molecular complexity index is 1310. The van der Waals surface area contributed by atoms with Crippen LogP contribution in [0.25, 0.3) is 5.69 Å². The summed E-state index contributed by atoms with van der Waals surface area (Å²) in [5, 5.41) is 4.19. The molecule has 0 saturated carbocycles. The highest BCUT2D eigenvalue weighted by Crippen LogP contribution is 2.40. The number of hydrogen-bond acceptors (Lipinski definition) is 3. The number of methoxy groups -OCH3 is 1. The van der Waals surface area contributed by atoms with Crippen LogP contribution in [-0.4, -0.2) is 26.7 Å². The lowest BCUT2D eigenvalue weighted by Crippen LogP contribution is -2.30. The van der Waals surface area contributed by atoms with Crippen LogP contribution in [0.15, 0.2) is 85.2 Å². The SMILES string of the molecule is COc1ccc(CN2C(=S)NC(c3ccccn3)C2c2cccn2-c2ccc(F)c(Cl)c2)cc1. The molecule has 1 fully saturated rings. The molecule has 34 heavy (non-hydrogen) atoms. The molecule has 0 spiro atoms. The molecule has 0 amide bonds. The fraction of sp³-hybridized carbons (Fsp3) is 0.154. The second-order valence-electron chi connectivity index (χ2n) is 8.00. The molecule has 1 aliphatic heterocycles. The van der Waals surface area contributed by atoms with Gasteiger partial charge < -0.3 is 19.5 Å². The third kappa shape index (κ3) is 4.24. The van der Waals surface area contributed by atoms with Crippen molar-refractivity contribution in [3.05, 3.63) is 113 Å². The van der Waals surface area contributed by atoms with E-state index >= 15 is 0 Å². The predicted molar refractivity (Wildman–Crippen MR) is 135 cm³/mol. The molecular formula is C26H22ClFN4OS. The molecule has 2 atom stereocenters. The highest BCUT2D eigenvalue weighted by molar-refractivity contribution is 7.80. The number of nitrogens with one attached hydrogen (secondary N) is 1. The molecule has 2 aromatic heterocycles. The lowest BCUT2D eigenvalue weighted by Gasteiger charge is -2.29. The number of rotatable bonds is 6. The maximum absolute atomic E-state index is 13.8. The highest BCUT2D eigenvalue weighted by Gasteiger charge is 2.41. The van der Waals surface area contributed by atoms with E-state index in [1.165, 1.54) is 6.07 Å². The summed E-state index contributed by atoms with van der Waals surface area (Å²) in [4.78, 5) is 6.76. The van der Waals surface area contributed by atoms with Gasteiger partial charge in [-0.2, -0.15) is 0 Å². The molecule has 1 saturated heterocycles. The average molecular weight is 493 g/mol. The lowest BCUT2D eigenvalue weighted by molar-refractivity contribution is 0.302. The van der Waals surface area contributed by atoms with Gasteiger partial charge in [-0.3, -0.25) is 4.98 Å². The van der Waals surface area contributed by atoms with Crippen LogP contribution < -0.4 is 10.1 Å². The van der Waals surface area contributed by atoms with Gasteiger partial charge in [-0.05, 0) is 72.4 Å². The number of aromatic nitrogens is 2. The molecule has 3 heterocycles. The zero-order chi connectivity index (χ0) is 23.7. The fourth-order valence-corrected chi connectivity index (χ4v) is 4.81. The quantitative estimate of drug-likeness (QED) is 0.342. The molecule has 5 nitrogen and oxygen atoms in total. The minimum Gasteiger partial charge on any atom is -0.497 e. The van der Waals surface area contributed by atoms with Gasteiger partial charge in [-0.25, -0.2) is 4.39 Å². The first kappa shape index (κ1) is 22.4. The molecule has 172 valence electrons. The number of thiocarbonyl (C=S) groups is 1. The first-order valence-electron chi connectivity index (χ1n) is 10.8. The van der Waals surface area contributed by atoms with Crippen LogP contribution in [0.4, 0.5) is 4.39 Å². The van der Waals surface area contributed by atoms with E-state index in [9.17, 15) is 4.39 Å². The van der Waals surface area contributed by atoms with E-state index in [-0.39, 0.29) is 17.1 Å². The third-order valence-electron chi connectivity index (χ3n) is 5.97. The van der Waals surface area contributed by atoms with Crippen molar-refractivity contribution in [2.75, 3.05) is 7.11 Å². The maximum Gasteiger partial charge on any atom is 0.170 e. The molecule has 1 aliphatic rings. The molecule has 1 N–H and O–H groups in total. The normalized spacial score (nSPS) is 17.6. The Morgan fingerprint density at radius 1 is 1.09 bits per heavy atom. The Balaban J connectivity index is 1.58. The summed E-state index contributed by atoms with van der Waals surface area (Å²) >= 11 is 11.9. The first-order valence-corrected chi connectivity index (χ1v) is 11.6. The van der Waals surface area contributed by atoms with Crippen LogP contribution in [0, 0.1) is 5.82 Å². The van der Waals surface area contributed by atoms with Gasteiger partial charge >= 0.3 is 0 Å². The van der Waals surface area contributed by atoms with Crippen molar-refractivity contribution in [1.82, 2.24) is 19.8 Å². The van der Waals surface area contributed by atoms with E-state index < -0.39 is 5.82 Å². The Morgan fingerprint density at radius 3 is 2.62 bits per heavy atom. The monoisotopic (exact) mass is 492 g/mol. The van der Waals surface area contributed by atoms with Gasteiger partial charge in [0.15, 0.2) is 5.11 Å². The summed E-state index contributed by atoms with van der Waals surface area (Å²) in [6.07, 6.45) is 3.73. The van der Waals surface area contributed by atoms with Crippen molar-refractivity contribution in [3.63, 3.8) is 0 Å². The van der Waals surface area contributed by atoms with Crippen LogP contribution in [0.5, 0.6) is 5.75 Å². The second kappa shape index (κ2) is 9.44. The van der Waals surface area contributed by atoms with Gasteiger partial charge in [0.25, 0.3) is 0 Å². The zero-order valence-electron chi connectivity index (χ0n) is 18.4. The van der Waals surface area contributed by atoms with Crippen molar-refractivity contribution >= 4 is 28.9 Å². The van der Waals surface area contributed by atoms with E-state index in [1.54, 1.807) is 25.4 Å². The minimum absolute atomic E-state index is 0.0774. The van der Waals surface area contributed by atoms with Crippen LogP contribution in [0.3, 0.4) is 0 Å². The number of ether oxygens (including phenoxy) is 1. The predicted octanol–water partition coefficient (Wildman–Crippen LogP) is 5.85. The molecule has 5 rings (SSSR count). The number of pyridine rings is 1. The second-order valence-corrected chi connectivity index (χ2v) is 8.80. The molecule has 0 radical (unpaired) electrons. The molecule has 2 unspecified atom stereocenters. The molecular weight excluding hydrogens is 471 g/mol. The van der Waals surface area contributed by atoms with E-state index in [0.29, 0.717) is 11.7 Å². The molecule has 4 aromatic rings. The largest absolute Gasteiger partial charge is 0.497 e. The van der Waals surface area contributed by atoms with Crippen molar-refractivity contribution < 1.29 is 9.13 Å². The van der Waals surface area contributed by atoms with Gasteiger partial charge in [-0.15, -0.1) is 0 Å². The first-order chi connectivity index (χ1) is 16.5. The van der Waals surface area contributed by atoms with Crippen LogP contribution in [-0.2, 0) is 6.54 Å². The van der Waals surface area contributed by atoms with Crippen LogP contribution in [0.2, 0.25) is 5.02 Å². The van der Waals surface area contributed by atoms with Gasteiger partial charge in [0.1, 0.15) is 11.6 Å². The summed E-state index contributed by atoms with van der Waals surface area (Å²) in [6, 6.07) is 22.2. The Labute approximate surface area is 207 Å². The average Bonchev–Trinajstić information content (AvgIpc) is 3.46. The van der Waals surface area contributed by atoms with Crippen molar-refractivity contribution in [1.29, 1.82) is 0 Å². The zero-order valence-corrected chi connectivity index (χ0v) is 19.9. The van der Waals surface area contributed by atoms with Gasteiger partial charge in [0.2, 0.25) is 0 Å². The van der Waals surface area contributed by atoms with Gasteiger partial charge in [0.05, 0.1) is 29.9 Å². The summed E-state index contributed by atoms with van der Waals surface area (Å²) in [6.45, 7) is 0.596. The Hall–Kier alpha value is -3.42. The van der Waals surface area contributed by atoms with Crippen molar-refractivity contribution in [2.45, 2.75) is 18.6 Å². The summed E-state index contributed by atoms with van der Waals surface area (Å²) < 4.78 is 21.2. The summed E-state index contributed by atoms with van der Waals surface area (Å²) in [7, 11) is 1.65. The standard InChI is InChI=1S/C26H22ClFN4OS/c1-33-19-10-7-17(8-11-19)16-32-25(24(30-26(32)34)22-5-2-3-13-29-22)23-6-4-14-31(23)18-9-12-21(28)20(27)15-18/h2-15,24-25H,16H2,1H3,(H,30,34). The van der Waals surface area contributed by atoms with E-state index in [0.717, 1.165) is 28.4 Å². The number of benzene rings is 2. The van der Waals surface area contributed by atoms with Crippen LogP contribution >= 0.6 is 23.8 Å². The summed E-state index contributed by atoms with van der Waals surface area (Å²) in [5.41, 5.74) is 3.74. The van der Waals surface area contributed by atoms with Crippen LogP contribution in [0.1, 0.15) is 29.0 Å². The third-order valence-corrected chi connectivity index (χ3v) is 6.62.